The molecule has 11 heteroatoms. The third kappa shape index (κ3) is 7.65. The molecule has 208 valence electrons. The summed E-state index contributed by atoms with van der Waals surface area (Å²) in [5, 5.41) is 3.60. The summed E-state index contributed by atoms with van der Waals surface area (Å²) in [7, 11) is -2.85. The second-order valence-electron chi connectivity index (χ2n) is 9.13. The lowest BCUT2D eigenvalue weighted by Crippen LogP contribution is -2.52. The van der Waals surface area contributed by atoms with E-state index in [4.69, 9.17) is 27.9 Å². The molecule has 3 aromatic carbocycles. The van der Waals surface area contributed by atoms with Crippen LogP contribution in [-0.2, 0) is 26.2 Å². The summed E-state index contributed by atoms with van der Waals surface area (Å²) in [6.45, 7) is 4.67. The van der Waals surface area contributed by atoms with Crippen molar-refractivity contribution in [3.05, 3.63) is 88.4 Å². The van der Waals surface area contributed by atoms with Gasteiger partial charge in [0, 0.05) is 22.6 Å². The van der Waals surface area contributed by atoms with E-state index in [9.17, 15) is 18.0 Å². The molecular weight excluding hydrogens is 561 g/mol. The summed E-state index contributed by atoms with van der Waals surface area (Å²) < 4.78 is 34.1. The van der Waals surface area contributed by atoms with Gasteiger partial charge in [0.15, 0.2) is 0 Å². The van der Waals surface area contributed by atoms with Crippen LogP contribution in [0.3, 0.4) is 0 Å². The molecule has 2 amide bonds. The van der Waals surface area contributed by atoms with E-state index in [1.54, 1.807) is 55.5 Å². The van der Waals surface area contributed by atoms with Gasteiger partial charge in [-0.15, -0.1) is 0 Å². The van der Waals surface area contributed by atoms with E-state index < -0.39 is 28.5 Å². The molecule has 3 aromatic rings. The van der Waals surface area contributed by atoms with Crippen molar-refractivity contribution in [1.29, 1.82) is 0 Å². The van der Waals surface area contributed by atoms with Gasteiger partial charge in [-0.25, -0.2) is 8.42 Å². The number of ether oxygens (including phenoxy) is 1. The highest BCUT2D eigenvalue weighted by Crippen LogP contribution is 2.35. The van der Waals surface area contributed by atoms with Crippen molar-refractivity contribution in [2.24, 2.45) is 0 Å². The molecule has 0 saturated heterocycles. The zero-order valence-electron chi connectivity index (χ0n) is 22.1. The number of rotatable bonds is 11. The third-order valence-electron chi connectivity index (χ3n) is 5.88. The number of sulfonamides is 1. The Kier molecular flexibility index (Phi) is 10.2. The lowest BCUT2D eigenvalue weighted by atomic mass is 10.1. The first-order valence-corrected chi connectivity index (χ1v) is 14.4. The van der Waals surface area contributed by atoms with Gasteiger partial charge in [-0.1, -0.05) is 53.5 Å². The number of carbonyl (C=O) groups is 2. The first-order valence-electron chi connectivity index (χ1n) is 12.2. The predicted octanol–water partition coefficient (Wildman–Crippen LogP) is 5.14. The second kappa shape index (κ2) is 13.2. The molecule has 0 fully saturated rings. The first-order chi connectivity index (χ1) is 18.4. The Morgan fingerprint density at radius 3 is 2.13 bits per heavy atom. The van der Waals surface area contributed by atoms with Crippen molar-refractivity contribution in [1.82, 2.24) is 10.2 Å². The maximum Gasteiger partial charge on any atom is 0.264 e. The zero-order chi connectivity index (χ0) is 28.7. The Bertz CT molecular complexity index is 1400. The highest BCUT2D eigenvalue weighted by Gasteiger charge is 2.34. The summed E-state index contributed by atoms with van der Waals surface area (Å²) >= 11 is 12.3. The molecule has 1 atom stereocenters. The molecule has 0 saturated carbocycles. The molecule has 0 aliphatic rings. The van der Waals surface area contributed by atoms with Gasteiger partial charge in [0.25, 0.3) is 10.0 Å². The van der Waals surface area contributed by atoms with Crippen LogP contribution >= 0.6 is 23.2 Å². The Labute approximate surface area is 239 Å². The normalized spacial score (nSPS) is 12.1. The van der Waals surface area contributed by atoms with Crippen LogP contribution in [0.15, 0.2) is 77.7 Å². The summed E-state index contributed by atoms with van der Waals surface area (Å²) in [6, 6.07) is 18.1. The number of nitrogens with zero attached hydrogens (tertiary/aromatic N) is 2. The number of amides is 2. The third-order valence-corrected chi connectivity index (χ3v) is 8.15. The fourth-order valence-corrected chi connectivity index (χ4v) is 5.60. The number of halogens is 2. The van der Waals surface area contributed by atoms with Gasteiger partial charge in [-0.3, -0.25) is 13.9 Å². The molecule has 0 aliphatic heterocycles. The molecule has 0 bridgehead atoms. The van der Waals surface area contributed by atoms with Gasteiger partial charge < -0.3 is 15.0 Å². The molecule has 1 unspecified atom stereocenters. The van der Waals surface area contributed by atoms with Crippen LogP contribution in [0.2, 0.25) is 10.0 Å². The van der Waals surface area contributed by atoms with Crippen LogP contribution in [0.1, 0.15) is 26.3 Å². The van der Waals surface area contributed by atoms with Crippen molar-refractivity contribution in [2.75, 3.05) is 18.0 Å². The second-order valence-corrected chi connectivity index (χ2v) is 11.9. The van der Waals surface area contributed by atoms with Crippen molar-refractivity contribution in [3.63, 3.8) is 0 Å². The van der Waals surface area contributed by atoms with Crippen LogP contribution in [0, 0.1) is 0 Å². The standard InChI is InChI=1S/C28H31Cl2N3O5S/c1-19(2)31-28(35)20(3)32(17-21-10-12-22(29)13-11-21)27(34)18-33(25-16-23(30)14-15-26(25)38-4)39(36,37)24-8-6-5-7-9-24/h5-16,19-20H,17-18H2,1-4H3,(H,31,35). The molecule has 0 spiro atoms. The number of hydrogen-bond donors (Lipinski definition) is 1. The van der Waals surface area contributed by atoms with Gasteiger partial charge in [-0.2, -0.15) is 0 Å². The van der Waals surface area contributed by atoms with E-state index in [0.717, 1.165) is 9.87 Å². The highest BCUT2D eigenvalue weighted by molar-refractivity contribution is 7.92. The van der Waals surface area contributed by atoms with Crippen LogP contribution in [-0.4, -0.2) is 50.9 Å². The maximum absolute atomic E-state index is 13.9. The summed E-state index contributed by atoms with van der Waals surface area (Å²) in [4.78, 5) is 28.2. The van der Waals surface area contributed by atoms with Crippen molar-refractivity contribution in [3.8, 4) is 5.75 Å². The van der Waals surface area contributed by atoms with Gasteiger partial charge in [-0.05, 0) is 68.8 Å². The van der Waals surface area contributed by atoms with E-state index >= 15 is 0 Å². The zero-order valence-corrected chi connectivity index (χ0v) is 24.4. The maximum atomic E-state index is 13.9. The minimum atomic E-state index is -4.25. The highest BCUT2D eigenvalue weighted by atomic mass is 35.5. The number of hydrogen-bond acceptors (Lipinski definition) is 5. The molecule has 3 rings (SSSR count). The smallest absolute Gasteiger partial charge is 0.264 e. The molecule has 1 N–H and O–H groups in total. The topological polar surface area (TPSA) is 96.0 Å². The van der Waals surface area contributed by atoms with E-state index in [1.807, 2.05) is 13.8 Å². The molecule has 39 heavy (non-hydrogen) atoms. The SMILES string of the molecule is COc1ccc(Cl)cc1N(CC(=O)N(Cc1ccc(Cl)cc1)C(C)C(=O)NC(C)C)S(=O)(=O)c1ccccc1. The number of nitrogens with one attached hydrogen (secondary N) is 1. The van der Waals surface area contributed by atoms with Crippen molar-refractivity contribution in [2.45, 2.75) is 44.3 Å². The minimum Gasteiger partial charge on any atom is -0.495 e. The van der Waals surface area contributed by atoms with E-state index in [0.29, 0.717) is 5.02 Å². The van der Waals surface area contributed by atoms with Crippen molar-refractivity contribution >= 4 is 50.7 Å². The van der Waals surface area contributed by atoms with Gasteiger partial charge >= 0.3 is 0 Å². The number of carbonyl (C=O) groups excluding carboxylic acids is 2. The fourth-order valence-electron chi connectivity index (χ4n) is 3.87. The predicted molar refractivity (Wildman–Crippen MR) is 154 cm³/mol. The average Bonchev–Trinajstić information content (AvgIpc) is 2.90. The number of methoxy groups -OCH3 is 1. The van der Waals surface area contributed by atoms with E-state index in [-0.39, 0.29) is 39.8 Å². The summed E-state index contributed by atoms with van der Waals surface area (Å²) in [5.74, 6) is -0.760. The van der Waals surface area contributed by atoms with E-state index in [1.165, 1.54) is 36.3 Å². The lowest BCUT2D eigenvalue weighted by molar-refractivity contribution is -0.139. The first kappa shape index (κ1) is 30.3. The van der Waals surface area contributed by atoms with Crippen LogP contribution in [0.4, 0.5) is 5.69 Å². The van der Waals surface area contributed by atoms with Crippen LogP contribution in [0.5, 0.6) is 5.75 Å². The van der Waals surface area contributed by atoms with Crippen LogP contribution in [0.25, 0.3) is 0 Å². The van der Waals surface area contributed by atoms with Crippen molar-refractivity contribution < 1.29 is 22.7 Å². The lowest BCUT2D eigenvalue weighted by Gasteiger charge is -2.32. The Morgan fingerprint density at radius 1 is 0.923 bits per heavy atom. The average molecular weight is 593 g/mol. The molecular formula is C28H31Cl2N3O5S. The van der Waals surface area contributed by atoms with Crippen LogP contribution < -0.4 is 14.4 Å². The van der Waals surface area contributed by atoms with Gasteiger partial charge in [0.1, 0.15) is 18.3 Å². The fraction of sp³-hybridized carbons (Fsp3) is 0.286. The summed E-state index contributed by atoms with van der Waals surface area (Å²) in [5.41, 5.74) is 0.808. The number of anilines is 1. The quantitative estimate of drug-likeness (QED) is 0.333. The molecule has 0 aliphatic carbocycles. The molecule has 0 radical (unpaired) electrons. The van der Waals surface area contributed by atoms with Gasteiger partial charge in [0.05, 0.1) is 17.7 Å². The monoisotopic (exact) mass is 591 g/mol. The minimum absolute atomic E-state index is 0.0188. The van der Waals surface area contributed by atoms with Gasteiger partial charge in [0.2, 0.25) is 11.8 Å². The van der Waals surface area contributed by atoms with E-state index in [2.05, 4.69) is 5.32 Å². The Hall–Kier alpha value is -3.27. The number of benzene rings is 3. The summed E-state index contributed by atoms with van der Waals surface area (Å²) in [6.07, 6.45) is 0. The molecule has 0 heterocycles. The molecule has 0 aromatic heterocycles. The Balaban J connectivity index is 2.08. The Morgan fingerprint density at radius 2 is 1.54 bits per heavy atom. The molecule has 8 nitrogen and oxygen atoms in total. The largest absolute Gasteiger partial charge is 0.495 e.